The van der Waals surface area contributed by atoms with Crippen molar-refractivity contribution in [3.8, 4) is 0 Å². The van der Waals surface area contributed by atoms with Crippen LogP contribution in [0.3, 0.4) is 0 Å². The minimum Gasteiger partial charge on any atom is -0.426 e. The summed E-state index contributed by atoms with van der Waals surface area (Å²) < 4.78 is 0. The first-order valence-electron chi connectivity index (χ1n) is 3.63. The fraction of sp³-hybridized carbons (Fsp3) is 0.833. The highest BCUT2D eigenvalue weighted by molar-refractivity contribution is 6.43. The lowest BCUT2D eigenvalue weighted by Crippen LogP contribution is -2.43. The molecule has 5 heteroatoms. The van der Waals surface area contributed by atoms with Gasteiger partial charge in [-0.1, -0.05) is 13.8 Å². The summed E-state index contributed by atoms with van der Waals surface area (Å²) in [5, 5.41) is 19.8. The van der Waals surface area contributed by atoms with E-state index in [1.54, 1.807) is 0 Å². The molecular weight excluding hydrogens is 145 g/mol. The van der Waals surface area contributed by atoms with Gasteiger partial charge < -0.3 is 15.4 Å². The van der Waals surface area contributed by atoms with Crippen molar-refractivity contribution in [3.05, 3.63) is 0 Å². The van der Waals surface area contributed by atoms with Crippen molar-refractivity contribution in [1.82, 2.24) is 5.32 Å². The molecule has 0 aromatic heterocycles. The first-order chi connectivity index (χ1) is 5.07. The van der Waals surface area contributed by atoms with Gasteiger partial charge in [-0.2, -0.15) is 0 Å². The van der Waals surface area contributed by atoms with Crippen LogP contribution in [0.15, 0.2) is 0 Å². The summed E-state index contributed by atoms with van der Waals surface area (Å²) in [6, 6.07) is 0. The summed E-state index contributed by atoms with van der Waals surface area (Å²) in [7, 11) is -1.47. The van der Waals surface area contributed by atoms with Crippen LogP contribution < -0.4 is 5.32 Å². The second kappa shape index (κ2) is 5.15. The average molecular weight is 159 g/mol. The van der Waals surface area contributed by atoms with Gasteiger partial charge >= 0.3 is 7.12 Å². The van der Waals surface area contributed by atoms with Crippen LogP contribution in [0.2, 0.25) is 0 Å². The maximum absolute atomic E-state index is 9.97. The molecule has 0 aliphatic carbocycles. The van der Waals surface area contributed by atoms with Gasteiger partial charge in [0.15, 0.2) is 0 Å². The fourth-order valence-electron chi connectivity index (χ4n) is 0.871. The third-order valence-corrected chi connectivity index (χ3v) is 1.37. The minimum absolute atomic E-state index is 0.328. The van der Waals surface area contributed by atoms with E-state index in [1.165, 1.54) is 0 Å². The summed E-state index contributed by atoms with van der Waals surface area (Å²) >= 11 is 0. The number of carbonyl (C=O) groups excluding carboxylic acids is 1. The van der Waals surface area contributed by atoms with Crippen molar-refractivity contribution in [2.75, 3.05) is 0 Å². The molecule has 0 saturated heterocycles. The highest BCUT2D eigenvalue weighted by Crippen LogP contribution is 2.04. The number of rotatable bonds is 5. The predicted molar refractivity (Wildman–Crippen MR) is 42.6 cm³/mol. The maximum Gasteiger partial charge on any atom is 0.475 e. The highest BCUT2D eigenvalue weighted by Gasteiger charge is 2.23. The molecular formula is C6H14BNO3. The molecule has 0 fully saturated rings. The first kappa shape index (κ1) is 10.5. The molecule has 1 amide bonds. The van der Waals surface area contributed by atoms with Gasteiger partial charge in [-0.05, 0) is 12.3 Å². The van der Waals surface area contributed by atoms with Crippen LogP contribution in [0.5, 0.6) is 0 Å². The van der Waals surface area contributed by atoms with E-state index in [2.05, 4.69) is 5.32 Å². The average Bonchev–Trinajstić information content (AvgIpc) is 1.86. The van der Waals surface area contributed by atoms with Gasteiger partial charge in [-0.25, -0.2) is 0 Å². The quantitative estimate of drug-likeness (QED) is 0.361. The van der Waals surface area contributed by atoms with Gasteiger partial charge in [0, 0.05) is 0 Å². The Morgan fingerprint density at radius 1 is 1.55 bits per heavy atom. The topological polar surface area (TPSA) is 69.6 Å². The zero-order valence-electron chi connectivity index (χ0n) is 6.82. The van der Waals surface area contributed by atoms with E-state index < -0.39 is 13.1 Å². The smallest absolute Gasteiger partial charge is 0.426 e. The zero-order chi connectivity index (χ0) is 8.85. The third-order valence-electron chi connectivity index (χ3n) is 1.37. The van der Waals surface area contributed by atoms with Crippen molar-refractivity contribution >= 4 is 13.5 Å². The molecule has 0 heterocycles. The number of carbonyl (C=O) groups is 1. The summed E-state index contributed by atoms with van der Waals surface area (Å²) in [5.41, 5.74) is 0. The Morgan fingerprint density at radius 3 is 2.36 bits per heavy atom. The molecule has 0 aliphatic heterocycles. The van der Waals surface area contributed by atoms with Gasteiger partial charge in [0.05, 0.1) is 5.94 Å². The Balaban J connectivity index is 3.78. The molecule has 0 aromatic rings. The second-order valence-electron chi connectivity index (χ2n) is 2.93. The monoisotopic (exact) mass is 159 g/mol. The Bertz CT molecular complexity index is 118. The van der Waals surface area contributed by atoms with Gasteiger partial charge in [-0.3, -0.25) is 4.79 Å². The highest BCUT2D eigenvalue weighted by atomic mass is 16.4. The van der Waals surface area contributed by atoms with Crippen molar-refractivity contribution in [2.24, 2.45) is 5.92 Å². The van der Waals surface area contributed by atoms with Crippen molar-refractivity contribution in [2.45, 2.75) is 26.2 Å². The molecule has 0 radical (unpaired) electrons. The van der Waals surface area contributed by atoms with Crippen LogP contribution in [0.1, 0.15) is 20.3 Å². The Morgan fingerprint density at radius 2 is 2.09 bits per heavy atom. The predicted octanol–water partition coefficient (Wildman–Crippen LogP) is -0.841. The largest absolute Gasteiger partial charge is 0.475 e. The van der Waals surface area contributed by atoms with Crippen LogP contribution in [0.4, 0.5) is 0 Å². The van der Waals surface area contributed by atoms with Gasteiger partial charge in [-0.15, -0.1) is 0 Å². The third kappa shape index (κ3) is 4.81. The van der Waals surface area contributed by atoms with E-state index in [0.29, 0.717) is 18.7 Å². The van der Waals surface area contributed by atoms with Gasteiger partial charge in [0.1, 0.15) is 0 Å². The van der Waals surface area contributed by atoms with Crippen LogP contribution in [0, 0.1) is 5.92 Å². The van der Waals surface area contributed by atoms with E-state index in [9.17, 15) is 4.79 Å². The SMILES string of the molecule is CC(C)C[C@H](NC=O)B(O)O. The van der Waals surface area contributed by atoms with E-state index in [4.69, 9.17) is 10.0 Å². The molecule has 0 saturated carbocycles. The van der Waals surface area contributed by atoms with Crippen LogP contribution in [0.25, 0.3) is 0 Å². The molecule has 0 aromatic carbocycles. The lowest BCUT2D eigenvalue weighted by Gasteiger charge is -2.16. The number of nitrogens with one attached hydrogen (secondary N) is 1. The van der Waals surface area contributed by atoms with Crippen molar-refractivity contribution < 1.29 is 14.8 Å². The van der Waals surface area contributed by atoms with Crippen LogP contribution in [-0.4, -0.2) is 29.5 Å². The minimum atomic E-state index is -1.47. The van der Waals surface area contributed by atoms with Crippen LogP contribution in [-0.2, 0) is 4.79 Å². The molecule has 11 heavy (non-hydrogen) atoms. The molecule has 0 spiro atoms. The normalized spacial score (nSPS) is 12.8. The number of hydrogen-bond acceptors (Lipinski definition) is 3. The van der Waals surface area contributed by atoms with E-state index in [0.717, 1.165) is 0 Å². The summed E-state index contributed by atoms with van der Waals surface area (Å²) in [5.74, 6) is -0.221. The molecule has 64 valence electrons. The van der Waals surface area contributed by atoms with E-state index in [1.807, 2.05) is 13.8 Å². The molecule has 4 nitrogen and oxygen atoms in total. The number of amides is 1. The first-order valence-corrected chi connectivity index (χ1v) is 3.63. The van der Waals surface area contributed by atoms with E-state index in [-0.39, 0.29) is 0 Å². The molecule has 0 bridgehead atoms. The molecule has 0 aliphatic rings. The zero-order valence-corrected chi connectivity index (χ0v) is 6.82. The van der Waals surface area contributed by atoms with Crippen molar-refractivity contribution in [3.63, 3.8) is 0 Å². The summed E-state index contributed by atoms with van der Waals surface area (Å²) in [6.45, 7) is 3.89. The lowest BCUT2D eigenvalue weighted by molar-refractivity contribution is -0.109. The summed E-state index contributed by atoms with van der Waals surface area (Å²) in [6.07, 6.45) is 1.04. The Labute approximate surface area is 66.8 Å². The Hall–Kier alpha value is -0.545. The van der Waals surface area contributed by atoms with Crippen molar-refractivity contribution in [1.29, 1.82) is 0 Å². The summed E-state index contributed by atoms with van der Waals surface area (Å²) in [4.78, 5) is 9.97. The number of hydrogen-bond donors (Lipinski definition) is 3. The molecule has 3 N–H and O–H groups in total. The second-order valence-corrected chi connectivity index (χ2v) is 2.93. The van der Waals surface area contributed by atoms with Crippen LogP contribution >= 0.6 is 0 Å². The van der Waals surface area contributed by atoms with Gasteiger partial charge in [0.2, 0.25) is 6.41 Å². The lowest BCUT2D eigenvalue weighted by atomic mass is 9.75. The Kier molecular flexibility index (Phi) is 4.90. The standard InChI is InChI=1S/C6H14BNO3/c1-5(2)3-6(7(10)11)8-4-9/h4-6,10-11H,3H2,1-2H3,(H,8,9)/t6-/m0/s1. The van der Waals surface area contributed by atoms with E-state index >= 15 is 0 Å². The molecule has 0 rings (SSSR count). The van der Waals surface area contributed by atoms with Gasteiger partial charge in [0.25, 0.3) is 0 Å². The maximum atomic E-state index is 9.97. The fourth-order valence-corrected chi connectivity index (χ4v) is 0.871. The molecule has 0 unspecified atom stereocenters. The molecule has 1 atom stereocenters.